The molecule has 1 saturated heterocycles. The maximum atomic E-state index is 13.4. The van der Waals surface area contributed by atoms with Crippen LogP contribution >= 0.6 is 0 Å². The highest BCUT2D eigenvalue weighted by Crippen LogP contribution is 2.25. The second-order valence-electron chi connectivity index (χ2n) is 6.26. The van der Waals surface area contributed by atoms with Gasteiger partial charge in [0, 0.05) is 10.8 Å². The Bertz CT molecular complexity index is 625. The number of quaternary nitrogens is 1. The molecule has 2 aliphatic rings. The number of hydrogen-bond acceptors (Lipinski definition) is 4. The van der Waals surface area contributed by atoms with Crippen LogP contribution in [0.2, 0.25) is 0 Å². The number of likely N-dealkylation sites (tertiary alicyclic amines) is 1. The largest absolute Gasteiger partial charge is 0.378 e. The molecule has 23 heavy (non-hydrogen) atoms. The quantitative estimate of drug-likeness (QED) is 0.848. The Hall–Kier alpha value is -1.86. The van der Waals surface area contributed by atoms with Crippen LogP contribution in [0.4, 0.5) is 8.78 Å². The predicted octanol–water partition coefficient (Wildman–Crippen LogP) is 2.91. The van der Waals surface area contributed by atoms with Gasteiger partial charge in [0.05, 0.1) is 6.54 Å². The van der Waals surface area contributed by atoms with Crippen LogP contribution in [0.15, 0.2) is 40.6 Å². The number of hydrogen-bond donors (Lipinski definition) is 1. The summed E-state index contributed by atoms with van der Waals surface area (Å²) in [5.41, 5.74) is 6.44. The first-order valence-corrected chi connectivity index (χ1v) is 8.01. The van der Waals surface area contributed by atoms with Gasteiger partial charge in [0.15, 0.2) is 17.8 Å². The lowest BCUT2D eigenvalue weighted by Gasteiger charge is -2.30. The minimum absolute atomic E-state index is 0.202. The van der Waals surface area contributed by atoms with E-state index in [1.807, 2.05) is 0 Å². The molecule has 5 nitrogen and oxygen atoms in total. The smallest absolute Gasteiger partial charge is 0.207 e. The van der Waals surface area contributed by atoms with Gasteiger partial charge in [-0.05, 0) is 38.1 Å². The molecular formula is C16H22F2N5+. The van der Waals surface area contributed by atoms with Gasteiger partial charge in [0.25, 0.3) is 0 Å². The summed E-state index contributed by atoms with van der Waals surface area (Å²) in [6.45, 7) is 4.20. The van der Waals surface area contributed by atoms with Crippen LogP contribution < -0.4 is 5.73 Å². The lowest BCUT2D eigenvalue weighted by Crippen LogP contribution is -2.43. The molecule has 1 atom stereocenters. The third kappa shape index (κ3) is 3.92. The first-order valence-electron chi connectivity index (χ1n) is 8.01. The van der Waals surface area contributed by atoms with E-state index in [2.05, 4.69) is 15.2 Å². The van der Waals surface area contributed by atoms with Crippen LogP contribution in [-0.4, -0.2) is 35.7 Å². The zero-order valence-electron chi connectivity index (χ0n) is 13.1. The number of halogens is 2. The van der Waals surface area contributed by atoms with E-state index in [1.54, 1.807) is 12.3 Å². The maximum Gasteiger partial charge on any atom is 0.207 e. The Balaban J connectivity index is 1.72. The molecule has 0 spiro atoms. The van der Waals surface area contributed by atoms with Crippen molar-refractivity contribution in [3.63, 3.8) is 0 Å². The van der Waals surface area contributed by atoms with Crippen molar-refractivity contribution in [2.45, 2.75) is 25.8 Å². The topological polar surface area (TPSA) is 54.0 Å². The number of benzene rings is 1. The molecule has 0 aliphatic carbocycles. The second-order valence-corrected chi connectivity index (χ2v) is 6.26. The summed E-state index contributed by atoms with van der Waals surface area (Å²) in [7, 11) is 0. The fourth-order valence-corrected chi connectivity index (χ4v) is 3.16. The number of piperidine rings is 1. The summed E-state index contributed by atoms with van der Waals surface area (Å²) in [5.74, 6) is -1.32. The Morgan fingerprint density at radius 3 is 2.57 bits per heavy atom. The molecule has 7 heteroatoms. The van der Waals surface area contributed by atoms with Crippen LogP contribution in [0.5, 0.6) is 0 Å². The van der Waals surface area contributed by atoms with E-state index in [-0.39, 0.29) is 4.59 Å². The summed E-state index contributed by atoms with van der Waals surface area (Å²) in [6, 6.07) is 3.94. The molecular weight excluding hydrogens is 300 g/mol. The van der Waals surface area contributed by atoms with Crippen molar-refractivity contribution in [1.29, 1.82) is 0 Å². The SMILES string of the molecule is NC1=C[N+](CCN2CCCCC2)(Cc2ccc(F)c(F)c2)N=N1. The Labute approximate surface area is 134 Å². The first-order chi connectivity index (χ1) is 11.1. The monoisotopic (exact) mass is 322 g/mol. The summed E-state index contributed by atoms with van der Waals surface area (Å²) in [5, 5.41) is 8.22. The van der Waals surface area contributed by atoms with Gasteiger partial charge < -0.3 is 5.73 Å². The Kier molecular flexibility index (Phi) is 4.68. The molecule has 2 aliphatic heterocycles. The fourth-order valence-electron chi connectivity index (χ4n) is 3.16. The molecule has 3 rings (SSSR count). The van der Waals surface area contributed by atoms with Crippen molar-refractivity contribution in [3.05, 3.63) is 47.4 Å². The lowest BCUT2D eigenvalue weighted by atomic mass is 10.1. The van der Waals surface area contributed by atoms with E-state index in [0.29, 0.717) is 24.5 Å². The Morgan fingerprint density at radius 1 is 1.13 bits per heavy atom. The summed E-state index contributed by atoms with van der Waals surface area (Å²) < 4.78 is 26.7. The van der Waals surface area contributed by atoms with E-state index in [9.17, 15) is 8.78 Å². The maximum absolute atomic E-state index is 13.4. The molecule has 0 amide bonds. The van der Waals surface area contributed by atoms with Crippen LogP contribution in [0.1, 0.15) is 24.8 Å². The van der Waals surface area contributed by atoms with Gasteiger partial charge in [-0.2, -0.15) is 0 Å². The van der Waals surface area contributed by atoms with Crippen LogP contribution in [0, 0.1) is 11.6 Å². The highest BCUT2D eigenvalue weighted by atomic mass is 19.2. The van der Waals surface area contributed by atoms with E-state index in [4.69, 9.17) is 5.73 Å². The third-order valence-corrected chi connectivity index (χ3v) is 4.40. The summed E-state index contributed by atoms with van der Waals surface area (Å²) in [6.07, 6.45) is 5.52. The second kappa shape index (κ2) is 6.72. The molecule has 0 aromatic heterocycles. The van der Waals surface area contributed by atoms with Crippen LogP contribution in [-0.2, 0) is 6.54 Å². The normalized spacial score (nSPS) is 24.9. The van der Waals surface area contributed by atoms with Crippen molar-refractivity contribution >= 4 is 0 Å². The van der Waals surface area contributed by atoms with Gasteiger partial charge in [0.2, 0.25) is 5.82 Å². The average Bonchev–Trinajstić information content (AvgIpc) is 2.91. The van der Waals surface area contributed by atoms with E-state index in [1.165, 1.54) is 25.3 Å². The zero-order chi connectivity index (χ0) is 16.3. The third-order valence-electron chi connectivity index (χ3n) is 4.40. The van der Waals surface area contributed by atoms with Crippen molar-refractivity contribution in [3.8, 4) is 0 Å². The molecule has 0 saturated carbocycles. The molecule has 0 radical (unpaired) electrons. The van der Waals surface area contributed by atoms with Gasteiger partial charge in [0.1, 0.15) is 13.1 Å². The molecule has 124 valence electrons. The molecule has 2 N–H and O–H groups in total. The van der Waals surface area contributed by atoms with Gasteiger partial charge in [-0.1, -0.05) is 17.6 Å². The van der Waals surface area contributed by atoms with Gasteiger partial charge >= 0.3 is 0 Å². The zero-order valence-corrected chi connectivity index (χ0v) is 13.1. The predicted molar refractivity (Wildman–Crippen MR) is 82.6 cm³/mol. The standard InChI is InChI=1S/C16H22F2N5/c17-14-5-4-13(10-15(14)18)11-23(12-16(19)20-21-23)9-8-22-6-2-1-3-7-22/h4-5,10,12H,1-3,6-9,11,19H2/q+1. The minimum atomic E-state index is -0.843. The highest BCUT2D eigenvalue weighted by Gasteiger charge is 2.33. The average molecular weight is 322 g/mol. The molecule has 1 unspecified atom stereocenters. The van der Waals surface area contributed by atoms with Crippen molar-refractivity contribution < 1.29 is 13.4 Å². The van der Waals surface area contributed by atoms with E-state index < -0.39 is 11.6 Å². The Morgan fingerprint density at radius 2 is 1.91 bits per heavy atom. The summed E-state index contributed by atoms with van der Waals surface area (Å²) in [4.78, 5) is 2.41. The van der Waals surface area contributed by atoms with Gasteiger partial charge in [-0.15, -0.1) is 4.59 Å². The first kappa shape index (κ1) is 16.0. The van der Waals surface area contributed by atoms with Gasteiger partial charge in [-0.3, -0.25) is 4.90 Å². The van der Waals surface area contributed by atoms with Crippen molar-refractivity contribution in [1.82, 2.24) is 4.90 Å². The highest BCUT2D eigenvalue weighted by molar-refractivity contribution is 5.17. The van der Waals surface area contributed by atoms with Gasteiger partial charge in [-0.25, -0.2) is 8.78 Å². The number of nitrogens with two attached hydrogens (primary N) is 1. The lowest BCUT2D eigenvalue weighted by molar-refractivity contribution is -0.900. The summed E-state index contributed by atoms with van der Waals surface area (Å²) >= 11 is 0. The molecule has 2 heterocycles. The molecule has 1 aromatic rings. The van der Waals surface area contributed by atoms with Crippen molar-refractivity contribution in [2.75, 3.05) is 26.2 Å². The molecule has 1 aromatic carbocycles. The number of nitrogens with zero attached hydrogens (tertiary/aromatic N) is 4. The van der Waals surface area contributed by atoms with Crippen LogP contribution in [0.3, 0.4) is 0 Å². The molecule has 0 bridgehead atoms. The van der Waals surface area contributed by atoms with Crippen molar-refractivity contribution in [2.24, 2.45) is 16.1 Å². The number of rotatable bonds is 5. The van der Waals surface area contributed by atoms with E-state index in [0.717, 1.165) is 25.7 Å². The van der Waals surface area contributed by atoms with E-state index >= 15 is 0 Å². The minimum Gasteiger partial charge on any atom is -0.378 e. The fraction of sp³-hybridized carbons (Fsp3) is 0.500. The van der Waals surface area contributed by atoms with Crippen LogP contribution in [0.25, 0.3) is 0 Å². The molecule has 1 fully saturated rings.